The van der Waals surface area contributed by atoms with Crippen LogP contribution >= 0.6 is 11.6 Å². The van der Waals surface area contributed by atoms with Gasteiger partial charge < -0.3 is 0 Å². The number of carbonyl (C=O) groups is 1. The third kappa shape index (κ3) is 2.49. The van der Waals surface area contributed by atoms with Gasteiger partial charge in [0.2, 0.25) is 0 Å². The SMILES string of the molecule is Cn1c(=O)n(Cc2ccccc2Cl)c(=O)c2c3c(cnc21)C(=O)CCC3. The van der Waals surface area contributed by atoms with E-state index in [4.69, 9.17) is 11.6 Å². The molecular weight excluding hydrogens is 354 g/mol. The molecule has 1 aliphatic carbocycles. The second kappa shape index (κ2) is 6.21. The molecule has 0 saturated carbocycles. The standard InChI is InChI=1S/C19H16ClN3O3/c1-22-17-16(12-6-4-8-15(24)13(12)9-21-17)18(25)23(19(22)26)10-11-5-2-3-7-14(11)20/h2-3,5,7,9H,4,6,8,10H2,1H3. The van der Waals surface area contributed by atoms with E-state index in [0.717, 1.165) is 4.57 Å². The number of rotatable bonds is 2. The van der Waals surface area contributed by atoms with Gasteiger partial charge in [-0.3, -0.25) is 18.7 Å². The second-order valence-corrected chi connectivity index (χ2v) is 6.86. The second-order valence-electron chi connectivity index (χ2n) is 6.45. The number of hydrogen-bond donors (Lipinski definition) is 0. The zero-order valence-corrected chi connectivity index (χ0v) is 14.9. The number of aromatic nitrogens is 3. The van der Waals surface area contributed by atoms with Crippen molar-refractivity contribution < 1.29 is 4.79 Å². The van der Waals surface area contributed by atoms with Crippen molar-refractivity contribution in [3.63, 3.8) is 0 Å². The summed E-state index contributed by atoms with van der Waals surface area (Å²) in [5, 5.41) is 0.842. The number of carbonyl (C=O) groups excluding carboxylic acids is 1. The van der Waals surface area contributed by atoms with E-state index < -0.39 is 11.2 Å². The van der Waals surface area contributed by atoms with Crippen molar-refractivity contribution >= 4 is 28.4 Å². The van der Waals surface area contributed by atoms with Gasteiger partial charge in [0, 0.05) is 30.3 Å². The lowest BCUT2D eigenvalue weighted by Crippen LogP contribution is -2.40. The van der Waals surface area contributed by atoms with Crippen LogP contribution in [-0.4, -0.2) is 19.9 Å². The summed E-state index contributed by atoms with van der Waals surface area (Å²) in [7, 11) is 1.58. The Balaban J connectivity index is 2.03. The van der Waals surface area contributed by atoms with Crippen LogP contribution in [0.25, 0.3) is 11.0 Å². The molecule has 1 aliphatic rings. The Morgan fingerprint density at radius 2 is 1.92 bits per heavy atom. The zero-order valence-electron chi connectivity index (χ0n) is 14.2. The van der Waals surface area contributed by atoms with Crippen LogP contribution in [0.15, 0.2) is 40.1 Å². The van der Waals surface area contributed by atoms with Crippen molar-refractivity contribution in [3.8, 4) is 0 Å². The molecule has 4 rings (SSSR count). The Bertz CT molecular complexity index is 1180. The Kier molecular flexibility index (Phi) is 4.00. The quantitative estimate of drug-likeness (QED) is 0.694. The van der Waals surface area contributed by atoms with Crippen LogP contribution in [0, 0.1) is 0 Å². The molecule has 0 aliphatic heterocycles. The Morgan fingerprint density at radius 1 is 1.15 bits per heavy atom. The minimum Gasteiger partial charge on any atom is -0.294 e. The van der Waals surface area contributed by atoms with E-state index in [2.05, 4.69) is 4.98 Å². The van der Waals surface area contributed by atoms with E-state index in [1.54, 1.807) is 31.3 Å². The first-order chi connectivity index (χ1) is 12.5. The van der Waals surface area contributed by atoms with Crippen molar-refractivity contribution in [2.45, 2.75) is 25.8 Å². The van der Waals surface area contributed by atoms with Crippen molar-refractivity contribution in [1.29, 1.82) is 0 Å². The van der Waals surface area contributed by atoms with E-state index in [-0.39, 0.29) is 12.3 Å². The van der Waals surface area contributed by atoms with Crippen molar-refractivity contribution in [2.75, 3.05) is 0 Å². The molecule has 2 aromatic heterocycles. The normalized spacial score (nSPS) is 13.8. The molecule has 0 unspecified atom stereocenters. The summed E-state index contributed by atoms with van der Waals surface area (Å²) >= 11 is 6.19. The lowest BCUT2D eigenvalue weighted by molar-refractivity contribution is 0.0972. The molecule has 0 fully saturated rings. The number of fused-ring (bicyclic) bond motifs is 3. The van der Waals surface area contributed by atoms with Crippen molar-refractivity contribution in [3.05, 3.63) is 73.0 Å². The molecule has 2 heterocycles. The van der Waals surface area contributed by atoms with E-state index in [0.29, 0.717) is 52.0 Å². The van der Waals surface area contributed by atoms with Crippen LogP contribution in [0.5, 0.6) is 0 Å². The summed E-state index contributed by atoms with van der Waals surface area (Å²) in [6.07, 6.45) is 3.26. The summed E-state index contributed by atoms with van der Waals surface area (Å²) in [6.45, 7) is 0.0682. The number of aryl methyl sites for hydroxylation is 2. The minimum atomic E-state index is -0.461. The minimum absolute atomic E-state index is 0.00782. The van der Waals surface area contributed by atoms with Gasteiger partial charge in [-0.1, -0.05) is 29.8 Å². The highest BCUT2D eigenvalue weighted by molar-refractivity contribution is 6.31. The smallest absolute Gasteiger partial charge is 0.294 e. The molecule has 7 heteroatoms. The van der Waals surface area contributed by atoms with Gasteiger partial charge >= 0.3 is 5.69 Å². The molecule has 132 valence electrons. The molecule has 3 aromatic rings. The fraction of sp³-hybridized carbons (Fsp3) is 0.263. The molecule has 1 aromatic carbocycles. The van der Waals surface area contributed by atoms with E-state index in [9.17, 15) is 14.4 Å². The maximum atomic E-state index is 13.2. The van der Waals surface area contributed by atoms with Crippen LogP contribution in [0.1, 0.15) is 34.3 Å². The lowest BCUT2D eigenvalue weighted by atomic mass is 9.90. The number of halogens is 1. The maximum absolute atomic E-state index is 13.2. The first-order valence-electron chi connectivity index (χ1n) is 8.37. The largest absolute Gasteiger partial charge is 0.332 e. The molecule has 0 radical (unpaired) electrons. The number of nitrogens with zero attached hydrogens (tertiary/aromatic N) is 3. The fourth-order valence-corrected chi connectivity index (χ4v) is 3.70. The van der Waals surface area contributed by atoms with E-state index in [1.807, 2.05) is 0 Å². The van der Waals surface area contributed by atoms with Gasteiger partial charge in [0.1, 0.15) is 5.65 Å². The predicted octanol–water partition coefficient (Wildman–Crippen LogP) is 2.32. The van der Waals surface area contributed by atoms with Crippen LogP contribution in [0.3, 0.4) is 0 Å². The monoisotopic (exact) mass is 369 g/mol. The molecule has 0 atom stereocenters. The summed E-state index contributed by atoms with van der Waals surface area (Å²) in [4.78, 5) is 42.3. The molecule has 6 nitrogen and oxygen atoms in total. The van der Waals surface area contributed by atoms with Crippen LogP contribution in [0.4, 0.5) is 0 Å². The predicted molar refractivity (Wildman–Crippen MR) is 99.1 cm³/mol. The number of ketones is 1. The maximum Gasteiger partial charge on any atom is 0.332 e. The number of Topliss-reactive ketones (excluding diaryl/α,β-unsaturated/α-hetero) is 1. The average molecular weight is 370 g/mol. The van der Waals surface area contributed by atoms with Gasteiger partial charge in [0.25, 0.3) is 5.56 Å². The topological polar surface area (TPSA) is 74.0 Å². The average Bonchev–Trinajstić information content (AvgIpc) is 2.64. The highest BCUT2D eigenvalue weighted by Crippen LogP contribution is 2.25. The Hall–Kier alpha value is -2.73. The Morgan fingerprint density at radius 3 is 2.69 bits per heavy atom. The first kappa shape index (κ1) is 16.7. The molecule has 0 saturated heterocycles. The lowest BCUT2D eigenvalue weighted by Gasteiger charge is -2.18. The molecule has 26 heavy (non-hydrogen) atoms. The number of pyridine rings is 1. The van der Waals surface area contributed by atoms with Crippen LogP contribution in [-0.2, 0) is 20.0 Å². The number of hydrogen-bond acceptors (Lipinski definition) is 4. The highest BCUT2D eigenvalue weighted by Gasteiger charge is 2.24. The molecule has 0 amide bonds. The van der Waals surface area contributed by atoms with Gasteiger partial charge in [0.05, 0.1) is 11.9 Å². The van der Waals surface area contributed by atoms with E-state index in [1.165, 1.54) is 10.8 Å². The third-order valence-corrected chi connectivity index (χ3v) is 5.25. The summed E-state index contributed by atoms with van der Waals surface area (Å²) in [5.41, 5.74) is 1.29. The van der Waals surface area contributed by atoms with Crippen LogP contribution < -0.4 is 11.2 Å². The summed E-state index contributed by atoms with van der Waals surface area (Å²) in [6, 6.07) is 7.09. The molecule has 0 spiro atoms. The van der Waals surface area contributed by atoms with Gasteiger partial charge in [-0.25, -0.2) is 9.78 Å². The van der Waals surface area contributed by atoms with Crippen LogP contribution in [0.2, 0.25) is 5.02 Å². The van der Waals surface area contributed by atoms with E-state index >= 15 is 0 Å². The van der Waals surface area contributed by atoms with Crippen molar-refractivity contribution in [1.82, 2.24) is 14.1 Å². The number of benzene rings is 1. The molecule has 0 bridgehead atoms. The highest BCUT2D eigenvalue weighted by atomic mass is 35.5. The Labute approximate surface area is 153 Å². The zero-order chi connectivity index (χ0) is 18.4. The van der Waals surface area contributed by atoms with Gasteiger partial charge in [-0.2, -0.15) is 0 Å². The summed E-state index contributed by atoms with van der Waals surface area (Å²) < 4.78 is 2.51. The van der Waals surface area contributed by atoms with Crippen molar-refractivity contribution in [2.24, 2.45) is 7.05 Å². The van der Waals surface area contributed by atoms with Gasteiger partial charge in [0.15, 0.2) is 5.78 Å². The fourth-order valence-electron chi connectivity index (χ4n) is 3.51. The first-order valence-corrected chi connectivity index (χ1v) is 8.75. The third-order valence-electron chi connectivity index (χ3n) is 4.88. The summed E-state index contributed by atoms with van der Waals surface area (Å²) in [5.74, 6) is -0.00782. The molecule has 0 N–H and O–H groups in total. The van der Waals surface area contributed by atoms with Gasteiger partial charge in [-0.15, -0.1) is 0 Å². The van der Waals surface area contributed by atoms with Gasteiger partial charge in [-0.05, 0) is 30.0 Å². The molecular formula is C19H16ClN3O3.